The Morgan fingerprint density at radius 3 is 2.57 bits per heavy atom. The van der Waals surface area contributed by atoms with Crippen molar-refractivity contribution >= 4 is 15.9 Å². The van der Waals surface area contributed by atoms with Crippen molar-refractivity contribution in [3.8, 4) is 5.69 Å². The van der Waals surface area contributed by atoms with Crippen LogP contribution in [-0.4, -0.2) is 42.6 Å². The average Bonchev–Trinajstić information content (AvgIpc) is 3.19. The van der Waals surface area contributed by atoms with Gasteiger partial charge in [-0.3, -0.25) is 4.79 Å². The Morgan fingerprint density at radius 1 is 1.13 bits per heavy atom. The number of aromatic nitrogens is 2. The summed E-state index contributed by atoms with van der Waals surface area (Å²) in [5.41, 5.74) is 1.71. The van der Waals surface area contributed by atoms with E-state index in [0.717, 1.165) is 23.4 Å². The highest BCUT2D eigenvalue weighted by Gasteiger charge is 2.17. The molecular formula is C20H20F2N4O3S. The zero-order valence-corrected chi connectivity index (χ0v) is 16.9. The fourth-order valence-corrected chi connectivity index (χ4v) is 3.78. The molecule has 0 aliphatic rings. The van der Waals surface area contributed by atoms with Crippen molar-refractivity contribution in [3.63, 3.8) is 0 Å². The van der Waals surface area contributed by atoms with Crippen LogP contribution >= 0.6 is 0 Å². The number of nitrogens with zero attached hydrogens (tertiary/aromatic N) is 3. The summed E-state index contributed by atoms with van der Waals surface area (Å²) in [7, 11) is -2.44. The summed E-state index contributed by atoms with van der Waals surface area (Å²) in [5.74, 6) is -2.68. The minimum Gasteiger partial charge on any atom is -0.341 e. The molecule has 0 aliphatic carbocycles. The van der Waals surface area contributed by atoms with E-state index in [-0.39, 0.29) is 18.9 Å². The molecule has 2 aromatic carbocycles. The van der Waals surface area contributed by atoms with E-state index in [1.54, 1.807) is 17.9 Å². The zero-order chi connectivity index (χ0) is 21.7. The first-order valence-corrected chi connectivity index (χ1v) is 10.5. The summed E-state index contributed by atoms with van der Waals surface area (Å²) < 4.78 is 54.4. The number of carbonyl (C=O) groups is 1. The lowest BCUT2D eigenvalue weighted by atomic mass is 10.3. The normalized spacial score (nSPS) is 11.4. The topological polar surface area (TPSA) is 84.3 Å². The molecule has 0 saturated heterocycles. The van der Waals surface area contributed by atoms with E-state index in [2.05, 4.69) is 9.82 Å². The predicted octanol–water partition coefficient (Wildman–Crippen LogP) is 2.48. The quantitative estimate of drug-likeness (QED) is 0.590. The van der Waals surface area contributed by atoms with Gasteiger partial charge in [-0.25, -0.2) is 26.6 Å². The molecule has 0 atom stereocenters. The van der Waals surface area contributed by atoms with Gasteiger partial charge in [0.1, 0.15) is 0 Å². The first kappa shape index (κ1) is 21.6. The molecule has 158 valence electrons. The van der Waals surface area contributed by atoms with Gasteiger partial charge < -0.3 is 4.90 Å². The Labute approximate surface area is 173 Å². The van der Waals surface area contributed by atoms with Gasteiger partial charge in [-0.1, -0.05) is 18.2 Å². The maximum absolute atomic E-state index is 13.2. The smallest absolute Gasteiger partial charge is 0.240 e. The van der Waals surface area contributed by atoms with Gasteiger partial charge in [-0.15, -0.1) is 0 Å². The third-order valence-electron chi connectivity index (χ3n) is 4.33. The number of para-hydroxylation sites is 1. The highest BCUT2D eigenvalue weighted by molar-refractivity contribution is 7.89. The van der Waals surface area contributed by atoms with E-state index in [4.69, 9.17) is 0 Å². The Balaban J connectivity index is 1.52. The lowest BCUT2D eigenvalue weighted by Gasteiger charge is -2.16. The number of halogens is 2. The number of carbonyl (C=O) groups excluding carboxylic acids is 1. The van der Waals surface area contributed by atoms with Crippen LogP contribution in [0.25, 0.3) is 5.69 Å². The molecular weight excluding hydrogens is 414 g/mol. The van der Waals surface area contributed by atoms with Gasteiger partial charge in [0.25, 0.3) is 0 Å². The van der Waals surface area contributed by atoms with E-state index >= 15 is 0 Å². The van der Waals surface area contributed by atoms with Gasteiger partial charge in [-0.2, -0.15) is 5.10 Å². The van der Waals surface area contributed by atoms with E-state index in [9.17, 15) is 22.0 Å². The van der Waals surface area contributed by atoms with Crippen LogP contribution in [-0.2, 0) is 21.4 Å². The van der Waals surface area contributed by atoms with E-state index in [1.807, 2.05) is 36.5 Å². The van der Waals surface area contributed by atoms with Crippen LogP contribution in [0, 0.1) is 11.6 Å². The van der Waals surface area contributed by atoms with Crippen molar-refractivity contribution in [2.75, 3.05) is 13.6 Å². The number of rotatable bonds is 8. The number of sulfonamides is 1. The third-order valence-corrected chi connectivity index (χ3v) is 5.79. The Bertz CT molecular complexity index is 1130. The number of nitrogens with one attached hydrogen (secondary N) is 1. The highest BCUT2D eigenvalue weighted by atomic mass is 32.2. The average molecular weight is 434 g/mol. The van der Waals surface area contributed by atoms with E-state index in [1.165, 1.54) is 4.90 Å². The maximum Gasteiger partial charge on any atom is 0.240 e. The molecule has 0 aliphatic heterocycles. The fourth-order valence-electron chi connectivity index (χ4n) is 2.74. The van der Waals surface area contributed by atoms with Gasteiger partial charge in [0.15, 0.2) is 11.6 Å². The van der Waals surface area contributed by atoms with Gasteiger partial charge >= 0.3 is 0 Å². The van der Waals surface area contributed by atoms with Gasteiger partial charge in [-0.05, 0) is 30.3 Å². The molecule has 0 saturated carbocycles. The van der Waals surface area contributed by atoms with Gasteiger partial charge in [0.2, 0.25) is 15.9 Å². The highest BCUT2D eigenvalue weighted by Crippen LogP contribution is 2.14. The molecule has 0 bridgehead atoms. The molecule has 1 aromatic heterocycles. The molecule has 0 fully saturated rings. The predicted molar refractivity (Wildman–Crippen MR) is 106 cm³/mol. The summed E-state index contributed by atoms with van der Waals surface area (Å²) in [6.07, 6.45) is 3.37. The second-order valence-electron chi connectivity index (χ2n) is 6.60. The molecule has 10 heteroatoms. The molecule has 30 heavy (non-hydrogen) atoms. The molecule has 1 amide bonds. The summed E-state index contributed by atoms with van der Waals surface area (Å²) in [4.78, 5) is 13.3. The lowest BCUT2D eigenvalue weighted by Crippen LogP contribution is -2.32. The van der Waals surface area contributed by atoms with Crippen LogP contribution in [0.4, 0.5) is 8.78 Å². The van der Waals surface area contributed by atoms with Crippen LogP contribution in [0.1, 0.15) is 12.0 Å². The monoisotopic (exact) mass is 434 g/mol. The van der Waals surface area contributed by atoms with Gasteiger partial charge in [0.05, 0.1) is 16.8 Å². The van der Waals surface area contributed by atoms with Crippen LogP contribution < -0.4 is 4.72 Å². The van der Waals surface area contributed by atoms with Crippen molar-refractivity contribution in [1.29, 1.82) is 0 Å². The van der Waals surface area contributed by atoms with Gasteiger partial charge in [0, 0.05) is 38.3 Å². The molecule has 1 N–H and O–H groups in total. The second kappa shape index (κ2) is 9.14. The first-order chi connectivity index (χ1) is 14.3. The summed E-state index contributed by atoms with van der Waals surface area (Å²) in [5, 5.41) is 4.27. The van der Waals surface area contributed by atoms with Crippen molar-refractivity contribution in [2.24, 2.45) is 0 Å². The molecule has 7 nitrogen and oxygen atoms in total. The number of benzene rings is 2. The van der Waals surface area contributed by atoms with Crippen LogP contribution in [0.3, 0.4) is 0 Å². The summed E-state index contributed by atoms with van der Waals surface area (Å²) in [6, 6.07) is 11.8. The largest absolute Gasteiger partial charge is 0.341 e. The molecule has 0 unspecified atom stereocenters. The number of amides is 1. The first-order valence-electron chi connectivity index (χ1n) is 9.04. The second-order valence-corrected chi connectivity index (χ2v) is 8.37. The van der Waals surface area contributed by atoms with Crippen LogP contribution in [0.2, 0.25) is 0 Å². The summed E-state index contributed by atoms with van der Waals surface area (Å²) in [6.45, 7) is 0.134. The van der Waals surface area contributed by atoms with Crippen molar-refractivity contribution in [2.45, 2.75) is 17.9 Å². The molecule has 0 spiro atoms. The van der Waals surface area contributed by atoms with Crippen molar-refractivity contribution < 1.29 is 22.0 Å². The molecule has 1 heterocycles. The van der Waals surface area contributed by atoms with E-state index in [0.29, 0.717) is 12.6 Å². The molecule has 0 radical (unpaired) electrons. The third kappa shape index (κ3) is 5.28. The Hall–Kier alpha value is -3.11. The van der Waals surface area contributed by atoms with E-state index < -0.39 is 26.6 Å². The SMILES string of the molecule is CN(Cc1cnn(-c2ccccc2)c1)C(=O)CCNS(=O)(=O)c1ccc(F)c(F)c1. The summed E-state index contributed by atoms with van der Waals surface area (Å²) >= 11 is 0. The minimum atomic E-state index is -4.05. The number of hydrogen-bond acceptors (Lipinski definition) is 4. The lowest BCUT2D eigenvalue weighted by molar-refractivity contribution is -0.130. The minimum absolute atomic E-state index is 0.0910. The van der Waals surface area contributed by atoms with Crippen molar-refractivity contribution in [1.82, 2.24) is 19.4 Å². The standard InChI is InChI=1S/C20H20F2N4O3S/c1-25(13-15-12-23-26(14-15)16-5-3-2-4-6-16)20(27)9-10-24-30(28,29)17-7-8-18(21)19(22)11-17/h2-8,11-12,14,24H,9-10,13H2,1H3. The number of hydrogen-bond donors (Lipinski definition) is 1. The van der Waals surface area contributed by atoms with Crippen LogP contribution in [0.15, 0.2) is 65.8 Å². The van der Waals surface area contributed by atoms with Crippen molar-refractivity contribution in [3.05, 3.63) is 78.1 Å². The molecule has 3 rings (SSSR count). The fraction of sp³-hybridized carbons (Fsp3) is 0.200. The Kier molecular flexibility index (Phi) is 6.58. The maximum atomic E-state index is 13.2. The molecule has 3 aromatic rings. The Morgan fingerprint density at radius 2 is 1.87 bits per heavy atom. The van der Waals surface area contributed by atoms with Crippen LogP contribution in [0.5, 0.6) is 0 Å². The zero-order valence-electron chi connectivity index (χ0n) is 16.1.